The lowest BCUT2D eigenvalue weighted by atomic mass is 9.96. The zero-order chi connectivity index (χ0) is 20.5. The lowest BCUT2D eigenvalue weighted by Crippen LogP contribution is -2.36. The number of anilines is 1. The highest BCUT2D eigenvalue weighted by molar-refractivity contribution is 7.80. The van der Waals surface area contributed by atoms with Crippen molar-refractivity contribution in [1.29, 1.82) is 0 Å². The molecule has 1 amide bonds. The predicted octanol–water partition coefficient (Wildman–Crippen LogP) is 5.07. The molecular formula is C23H28N2O2S. The van der Waals surface area contributed by atoms with Gasteiger partial charge in [-0.25, -0.2) is 0 Å². The van der Waals surface area contributed by atoms with Crippen molar-refractivity contribution < 1.29 is 9.53 Å². The van der Waals surface area contributed by atoms with Crippen LogP contribution in [0.3, 0.4) is 0 Å². The predicted molar refractivity (Wildman–Crippen MR) is 120 cm³/mol. The maximum Gasteiger partial charge on any atom is 0.233 e. The van der Waals surface area contributed by atoms with Crippen LogP contribution in [0.2, 0.25) is 0 Å². The van der Waals surface area contributed by atoms with Gasteiger partial charge in [-0.15, -0.1) is 0 Å². The molecule has 0 aliphatic rings. The molecule has 28 heavy (non-hydrogen) atoms. The Morgan fingerprint density at radius 1 is 1.11 bits per heavy atom. The zero-order valence-corrected chi connectivity index (χ0v) is 17.5. The first-order chi connectivity index (χ1) is 13.4. The van der Waals surface area contributed by atoms with Gasteiger partial charge in [-0.05, 0) is 66.9 Å². The molecule has 4 nitrogen and oxygen atoms in total. The van der Waals surface area contributed by atoms with Crippen LogP contribution in [0.15, 0.2) is 61.2 Å². The zero-order valence-electron chi connectivity index (χ0n) is 16.7. The average molecular weight is 397 g/mol. The molecule has 1 atom stereocenters. The first kappa shape index (κ1) is 21.6. The molecule has 0 aromatic heterocycles. The van der Waals surface area contributed by atoms with Crippen molar-refractivity contribution in [3.63, 3.8) is 0 Å². The fourth-order valence-electron chi connectivity index (χ4n) is 2.74. The third-order valence-corrected chi connectivity index (χ3v) is 4.44. The molecule has 0 fully saturated rings. The van der Waals surface area contributed by atoms with Crippen molar-refractivity contribution in [2.75, 3.05) is 11.9 Å². The van der Waals surface area contributed by atoms with Crippen LogP contribution in [-0.4, -0.2) is 17.6 Å². The SMILES string of the molecule is C=CCOc1ccc(NC(=S)NC(=O)C(C)c2ccc(CC(C)C)cc2)cc1. The maximum absolute atomic E-state index is 12.5. The van der Waals surface area contributed by atoms with Crippen LogP contribution in [0.25, 0.3) is 0 Å². The summed E-state index contributed by atoms with van der Waals surface area (Å²) in [6.45, 7) is 10.3. The van der Waals surface area contributed by atoms with Crippen LogP contribution in [0.5, 0.6) is 5.75 Å². The van der Waals surface area contributed by atoms with Gasteiger partial charge in [-0.1, -0.05) is 50.8 Å². The minimum atomic E-state index is -0.289. The summed E-state index contributed by atoms with van der Waals surface area (Å²) in [5, 5.41) is 6.05. The lowest BCUT2D eigenvalue weighted by Gasteiger charge is -2.15. The molecule has 148 valence electrons. The molecular weight excluding hydrogens is 368 g/mol. The van der Waals surface area contributed by atoms with Gasteiger partial charge in [0.05, 0.1) is 5.92 Å². The Balaban J connectivity index is 1.88. The van der Waals surface area contributed by atoms with E-state index in [1.165, 1.54) is 5.56 Å². The van der Waals surface area contributed by atoms with Gasteiger partial charge >= 0.3 is 0 Å². The van der Waals surface area contributed by atoms with E-state index in [2.05, 4.69) is 43.2 Å². The van der Waals surface area contributed by atoms with Gasteiger partial charge in [0.25, 0.3) is 0 Å². The first-order valence-electron chi connectivity index (χ1n) is 9.43. The Hall–Kier alpha value is -2.66. The summed E-state index contributed by atoms with van der Waals surface area (Å²) in [6, 6.07) is 15.6. The van der Waals surface area contributed by atoms with E-state index in [1.807, 2.05) is 43.3 Å². The Morgan fingerprint density at radius 2 is 1.75 bits per heavy atom. The normalized spacial score (nSPS) is 11.6. The van der Waals surface area contributed by atoms with Gasteiger partial charge in [0, 0.05) is 5.69 Å². The highest BCUT2D eigenvalue weighted by atomic mass is 32.1. The van der Waals surface area contributed by atoms with Crippen molar-refractivity contribution in [3.8, 4) is 5.75 Å². The van der Waals surface area contributed by atoms with Crippen molar-refractivity contribution in [2.45, 2.75) is 33.1 Å². The number of rotatable bonds is 8. The van der Waals surface area contributed by atoms with E-state index >= 15 is 0 Å². The molecule has 2 aromatic carbocycles. The number of benzene rings is 2. The second-order valence-electron chi connectivity index (χ2n) is 7.13. The lowest BCUT2D eigenvalue weighted by molar-refractivity contribution is -0.120. The summed E-state index contributed by atoms with van der Waals surface area (Å²) >= 11 is 5.26. The van der Waals surface area contributed by atoms with Crippen LogP contribution in [0.1, 0.15) is 37.8 Å². The van der Waals surface area contributed by atoms with Gasteiger partial charge in [0.15, 0.2) is 5.11 Å². The maximum atomic E-state index is 12.5. The quantitative estimate of drug-likeness (QED) is 0.483. The van der Waals surface area contributed by atoms with Crippen LogP contribution in [-0.2, 0) is 11.2 Å². The van der Waals surface area contributed by atoms with Gasteiger partial charge in [0.2, 0.25) is 5.91 Å². The smallest absolute Gasteiger partial charge is 0.233 e. The molecule has 5 heteroatoms. The Morgan fingerprint density at radius 3 is 2.32 bits per heavy atom. The third kappa shape index (κ3) is 6.82. The van der Waals surface area contributed by atoms with Crippen molar-refractivity contribution in [2.24, 2.45) is 5.92 Å². The Kier molecular flexibility index (Phi) is 8.20. The molecule has 0 saturated carbocycles. The third-order valence-electron chi connectivity index (χ3n) is 4.23. The van der Waals surface area contributed by atoms with E-state index in [9.17, 15) is 4.79 Å². The monoisotopic (exact) mass is 396 g/mol. The molecule has 0 radical (unpaired) electrons. The van der Waals surface area contributed by atoms with E-state index in [0.29, 0.717) is 12.5 Å². The second kappa shape index (κ2) is 10.6. The number of amides is 1. The average Bonchev–Trinajstić information content (AvgIpc) is 2.67. The molecule has 1 unspecified atom stereocenters. The van der Waals surface area contributed by atoms with Gasteiger partial charge < -0.3 is 15.4 Å². The van der Waals surface area contributed by atoms with Crippen LogP contribution in [0.4, 0.5) is 5.69 Å². The summed E-state index contributed by atoms with van der Waals surface area (Å²) in [6.07, 6.45) is 2.72. The minimum Gasteiger partial charge on any atom is -0.490 e. The number of carbonyl (C=O) groups is 1. The number of thiocarbonyl (C=S) groups is 1. The largest absolute Gasteiger partial charge is 0.490 e. The van der Waals surface area contributed by atoms with Gasteiger partial charge in [0.1, 0.15) is 12.4 Å². The molecule has 0 spiro atoms. The summed E-state index contributed by atoms with van der Waals surface area (Å²) in [5.74, 6) is 0.926. The number of nitrogens with one attached hydrogen (secondary N) is 2. The number of hydrogen-bond donors (Lipinski definition) is 2. The van der Waals surface area contributed by atoms with Crippen molar-refractivity contribution >= 4 is 28.9 Å². The van der Waals surface area contributed by atoms with E-state index in [0.717, 1.165) is 23.4 Å². The summed E-state index contributed by atoms with van der Waals surface area (Å²) in [5.41, 5.74) is 3.03. The molecule has 2 rings (SSSR count). The Labute approximate surface area is 173 Å². The summed E-state index contributed by atoms with van der Waals surface area (Å²) < 4.78 is 5.44. The highest BCUT2D eigenvalue weighted by Gasteiger charge is 2.16. The number of hydrogen-bond acceptors (Lipinski definition) is 3. The molecule has 0 heterocycles. The summed E-state index contributed by atoms with van der Waals surface area (Å²) in [7, 11) is 0. The topological polar surface area (TPSA) is 50.4 Å². The molecule has 0 aliphatic carbocycles. The highest BCUT2D eigenvalue weighted by Crippen LogP contribution is 2.18. The molecule has 0 bridgehead atoms. The Bertz CT molecular complexity index is 798. The van der Waals surface area contributed by atoms with Crippen molar-refractivity contribution in [1.82, 2.24) is 5.32 Å². The molecule has 0 saturated heterocycles. The minimum absolute atomic E-state index is 0.139. The summed E-state index contributed by atoms with van der Waals surface area (Å²) in [4.78, 5) is 12.5. The van der Waals surface area contributed by atoms with E-state index in [4.69, 9.17) is 17.0 Å². The number of ether oxygens (including phenoxy) is 1. The van der Waals surface area contributed by atoms with E-state index in [1.54, 1.807) is 6.08 Å². The van der Waals surface area contributed by atoms with Gasteiger partial charge in [-0.2, -0.15) is 0 Å². The van der Waals surface area contributed by atoms with Crippen LogP contribution >= 0.6 is 12.2 Å². The van der Waals surface area contributed by atoms with Crippen LogP contribution in [0, 0.1) is 5.92 Å². The molecule has 2 N–H and O–H groups in total. The second-order valence-corrected chi connectivity index (χ2v) is 7.54. The molecule has 0 aliphatic heterocycles. The molecule has 2 aromatic rings. The van der Waals surface area contributed by atoms with Crippen molar-refractivity contribution in [3.05, 3.63) is 72.3 Å². The van der Waals surface area contributed by atoms with E-state index in [-0.39, 0.29) is 16.9 Å². The van der Waals surface area contributed by atoms with Crippen LogP contribution < -0.4 is 15.4 Å². The first-order valence-corrected chi connectivity index (χ1v) is 9.84. The fourth-order valence-corrected chi connectivity index (χ4v) is 2.96. The fraction of sp³-hybridized carbons (Fsp3) is 0.304. The number of carbonyl (C=O) groups excluding carboxylic acids is 1. The van der Waals surface area contributed by atoms with Gasteiger partial charge in [-0.3, -0.25) is 4.79 Å². The van der Waals surface area contributed by atoms with E-state index < -0.39 is 0 Å². The standard InChI is InChI=1S/C23H28N2O2S/c1-5-14-27-21-12-10-20(11-13-21)24-23(28)25-22(26)17(4)19-8-6-18(7-9-19)15-16(2)3/h5-13,16-17H,1,14-15H2,2-4H3,(H2,24,25,26,28).